The number of H-pyrrole nitrogens is 1. The van der Waals surface area contributed by atoms with E-state index in [0.717, 1.165) is 5.69 Å². The molecule has 0 saturated carbocycles. The van der Waals surface area contributed by atoms with Gasteiger partial charge in [0.15, 0.2) is 0 Å². The van der Waals surface area contributed by atoms with Crippen LogP contribution in [-0.2, 0) is 5.41 Å². The van der Waals surface area contributed by atoms with Gasteiger partial charge in [0.25, 0.3) is 5.56 Å². The molecule has 0 saturated heterocycles. The fourth-order valence-electron chi connectivity index (χ4n) is 1.69. The van der Waals surface area contributed by atoms with Crippen LogP contribution in [0.25, 0.3) is 5.69 Å². The summed E-state index contributed by atoms with van der Waals surface area (Å²) >= 11 is 3.31. The highest BCUT2D eigenvalue weighted by Gasteiger charge is 2.23. The third-order valence-corrected chi connectivity index (χ3v) is 3.40. The topological polar surface area (TPSA) is 37.8 Å². The Bertz CT molecular complexity index is 620. The highest BCUT2D eigenvalue weighted by molar-refractivity contribution is 9.10. The number of hydrogen-bond donors (Lipinski definition) is 1. The summed E-state index contributed by atoms with van der Waals surface area (Å²) < 4.78 is 14.8. The standard InChI is InChI=1S/C13H14BrFN2O/c1-13(2,3)11-10(14)12(18)17(16-11)9-6-4-8(15)5-7-9/h4-7,16H,1-3H3. The minimum atomic E-state index is -0.325. The molecule has 3 nitrogen and oxygen atoms in total. The first-order valence-electron chi connectivity index (χ1n) is 5.57. The molecule has 0 atom stereocenters. The maximum atomic E-state index is 12.9. The number of aromatic amines is 1. The number of halogens is 2. The molecule has 2 aromatic rings. The molecule has 1 N–H and O–H groups in total. The third-order valence-electron chi connectivity index (χ3n) is 2.67. The Morgan fingerprint density at radius 2 is 1.78 bits per heavy atom. The van der Waals surface area contributed by atoms with E-state index in [1.807, 2.05) is 20.8 Å². The van der Waals surface area contributed by atoms with Gasteiger partial charge in [-0.3, -0.25) is 9.89 Å². The fourth-order valence-corrected chi connectivity index (χ4v) is 2.55. The van der Waals surface area contributed by atoms with Crippen LogP contribution in [0.2, 0.25) is 0 Å². The minimum absolute atomic E-state index is 0.175. The van der Waals surface area contributed by atoms with Crippen LogP contribution in [0.3, 0.4) is 0 Å². The van der Waals surface area contributed by atoms with Gasteiger partial charge < -0.3 is 0 Å². The van der Waals surface area contributed by atoms with Crippen LogP contribution in [0.5, 0.6) is 0 Å². The van der Waals surface area contributed by atoms with Gasteiger partial charge in [-0.05, 0) is 40.2 Å². The molecule has 1 heterocycles. The third kappa shape index (κ3) is 2.27. The predicted octanol–water partition coefficient (Wildman–Crippen LogP) is 3.36. The molecule has 18 heavy (non-hydrogen) atoms. The van der Waals surface area contributed by atoms with Gasteiger partial charge >= 0.3 is 0 Å². The zero-order valence-corrected chi connectivity index (χ0v) is 12.0. The summed E-state index contributed by atoms with van der Waals surface area (Å²) in [4.78, 5) is 12.1. The van der Waals surface area contributed by atoms with E-state index in [2.05, 4.69) is 21.0 Å². The number of rotatable bonds is 1. The van der Waals surface area contributed by atoms with Gasteiger partial charge in [0.05, 0.1) is 11.4 Å². The molecular formula is C13H14BrFN2O. The molecular weight excluding hydrogens is 299 g/mol. The van der Waals surface area contributed by atoms with Gasteiger partial charge in [-0.25, -0.2) is 9.07 Å². The predicted molar refractivity (Wildman–Crippen MR) is 72.7 cm³/mol. The molecule has 0 amide bonds. The highest BCUT2D eigenvalue weighted by atomic mass is 79.9. The Morgan fingerprint density at radius 3 is 2.22 bits per heavy atom. The monoisotopic (exact) mass is 312 g/mol. The lowest BCUT2D eigenvalue weighted by molar-refractivity contribution is 0.557. The molecule has 0 radical (unpaired) electrons. The van der Waals surface area contributed by atoms with Crippen LogP contribution in [0.15, 0.2) is 33.5 Å². The second-order valence-corrected chi connectivity index (χ2v) is 5.96. The van der Waals surface area contributed by atoms with E-state index < -0.39 is 0 Å². The summed E-state index contributed by atoms with van der Waals surface area (Å²) in [6.45, 7) is 6.04. The van der Waals surface area contributed by atoms with Gasteiger partial charge in [0.2, 0.25) is 0 Å². The van der Waals surface area contributed by atoms with E-state index in [0.29, 0.717) is 10.2 Å². The van der Waals surface area contributed by atoms with Gasteiger partial charge in [-0.1, -0.05) is 20.8 Å². The molecule has 0 aliphatic rings. The van der Waals surface area contributed by atoms with Gasteiger partial charge in [0.1, 0.15) is 10.3 Å². The SMILES string of the molecule is CC(C)(C)c1[nH]n(-c2ccc(F)cc2)c(=O)c1Br. The quantitative estimate of drug-likeness (QED) is 0.861. The first kappa shape index (κ1) is 13.1. The van der Waals surface area contributed by atoms with E-state index in [1.54, 1.807) is 12.1 Å². The fraction of sp³-hybridized carbons (Fsp3) is 0.308. The van der Waals surface area contributed by atoms with E-state index in [4.69, 9.17) is 0 Å². The molecule has 0 fully saturated rings. The maximum absolute atomic E-state index is 12.9. The first-order chi connectivity index (χ1) is 8.30. The normalized spacial score (nSPS) is 11.8. The van der Waals surface area contributed by atoms with Gasteiger partial charge in [-0.2, -0.15) is 0 Å². The van der Waals surface area contributed by atoms with Crippen molar-refractivity contribution in [3.63, 3.8) is 0 Å². The van der Waals surface area contributed by atoms with E-state index in [9.17, 15) is 9.18 Å². The molecule has 5 heteroatoms. The van der Waals surface area contributed by atoms with Crippen molar-refractivity contribution in [3.05, 3.63) is 50.6 Å². The van der Waals surface area contributed by atoms with Crippen molar-refractivity contribution in [1.29, 1.82) is 0 Å². The van der Waals surface area contributed by atoms with E-state index >= 15 is 0 Å². The summed E-state index contributed by atoms with van der Waals surface area (Å²) in [5.74, 6) is -0.325. The average molecular weight is 313 g/mol. The van der Waals surface area contributed by atoms with Gasteiger partial charge in [-0.15, -0.1) is 0 Å². The van der Waals surface area contributed by atoms with Crippen molar-refractivity contribution in [2.24, 2.45) is 0 Å². The smallest absolute Gasteiger partial charge is 0.285 e. The maximum Gasteiger partial charge on any atom is 0.285 e. The van der Waals surface area contributed by atoms with Crippen LogP contribution in [0.4, 0.5) is 4.39 Å². The zero-order valence-electron chi connectivity index (χ0n) is 10.4. The largest absolute Gasteiger partial charge is 0.293 e. The number of nitrogens with one attached hydrogen (secondary N) is 1. The average Bonchev–Trinajstić information content (AvgIpc) is 2.57. The molecule has 0 bridgehead atoms. The summed E-state index contributed by atoms with van der Waals surface area (Å²) in [7, 11) is 0. The first-order valence-corrected chi connectivity index (χ1v) is 6.37. The number of hydrogen-bond acceptors (Lipinski definition) is 1. The van der Waals surface area contributed by atoms with Crippen LogP contribution < -0.4 is 5.56 Å². The van der Waals surface area contributed by atoms with Crippen LogP contribution >= 0.6 is 15.9 Å². The molecule has 0 spiro atoms. The van der Waals surface area contributed by atoms with Crippen molar-refractivity contribution in [2.45, 2.75) is 26.2 Å². The summed E-state index contributed by atoms with van der Waals surface area (Å²) in [5, 5.41) is 3.06. The Kier molecular flexibility index (Phi) is 3.19. The lowest BCUT2D eigenvalue weighted by atomic mass is 9.93. The molecule has 0 aliphatic heterocycles. The van der Waals surface area contributed by atoms with Crippen LogP contribution in [0.1, 0.15) is 26.5 Å². The number of aromatic nitrogens is 2. The molecule has 0 unspecified atom stereocenters. The Balaban J connectivity index is 2.60. The van der Waals surface area contributed by atoms with Crippen LogP contribution in [0, 0.1) is 5.82 Å². The molecule has 2 rings (SSSR count). The molecule has 1 aromatic heterocycles. The van der Waals surface area contributed by atoms with Crippen molar-refractivity contribution in [2.75, 3.05) is 0 Å². The van der Waals surface area contributed by atoms with Crippen LogP contribution in [-0.4, -0.2) is 9.78 Å². The van der Waals surface area contributed by atoms with Crippen molar-refractivity contribution < 1.29 is 4.39 Å². The molecule has 96 valence electrons. The zero-order chi connectivity index (χ0) is 13.5. The summed E-state index contributed by atoms with van der Waals surface area (Å²) in [6, 6.07) is 5.78. The molecule has 1 aromatic carbocycles. The van der Waals surface area contributed by atoms with Crippen molar-refractivity contribution in [3.8, 4) is 5.69 Å². The van der Waals surface area contributed by atoms with Crippen molar-refractivity contribution in [1.82, 2.24) is 9.78 Å². The number of nitrogens with zero attached hydrogens (tertiary/aromatic N) is 1. The lowest BCUT2D eigenvalue weighted by Gasteiger charge is -2.16. The highest BCUT2D eigenvalue weighted by Crippen LogP contribution is 2.26. The Hall–Kier alpha value is -1.36. The van der Waals surface area contributed by atoms with Crippen molar-refractivity contribution >= 4 is 15.9 Å². The number of benzene rings is 1. The second kappa shape index (κ2) is 4.39. The lowest BCUT2D eigenvalue weighted by Crippen LogP contribution is -2.14. The minimum Gasteiger partial charge on any atom is -0.293 e. The van der Waals surface area contributed by atoms with E-state index in [1.165, 1.54) is 16.8 Å². The van der Waals surface area contributed by atoms with Gasteiger partial charge in [0, 0.05) is 5.41 Å². The molecule has 0 aliphatic carbocycles. The Labute approximate surface area is 113 Å². The van der Waals surface area contributed by atoms with E-state index in [-0.39, 0.29) is 16.8 Å². The summed E-state index contributed by atoms with van der Waals surface area (Å²) in [6.07, 6.45) is 0. The summed E-state index contributed by atoms with van der Waals surface area (Å²) in [5.41, 5.74) is 1.07. The second-order valence-electron chi connectivity index (χ2n) is 5.17. The Morgan fingerprint density at radius 1 is 1.22 bits per heavy atom.